The zero-order chi connectivity index (χ0) is 10.2. The number of hydrogen-bond donors (Lipinski definition) is 1. The number of rotatable bonds is 1. The number of fused-ring (bicyclic) bond motifs is 1. The molecule has 0 aliphatic carbocycles. The SMILES string of the molecule is CS(C)(S)c1ccc2ncccc2n1. The minimum Gasteiger partial charge on any atom is -0.255 e. The van der Waals surface area contributed by atoms with Gasteiger partial charge < -0.3 is 0 Å². The average Bonchev–Trinajstić information content (AvgIpc) is 2.16. The maximum Gasteiger partial charge on any atom is 0.0900 e. The Labute approximate surface area is 89.9 Å². The quantitative estimate of drug-likeness (QED) is 0.595. The van der Waals surface area contributed by atoms with Crippen molar-refractivity contribution in [2.24, 2.45) is 0 Å². The molecule has 2 heterocycles. The van der Waals surface area contributed by atoms with Crippen LogP contribution >= 0.6 is 20.7 Å². The van der Waals surface area contributed by atoms with Crippen molar-refractivity contribution < 1.29 is 0 Å². The van der Waals surface area contributed by atoms with Gasteiger partial charge in [-0.2, -0.15) is 9.06 Å². The summed E-state index contributed by atoms with van der Waals surface area (Å²) in [6.07, 6.45) is 6.00. The molecule has 0 N–H and O–H groups in total. The largest absolute Gasteiger partial charge is 0.255 e. The third-order valence-corrected chi connectivity index (χ3v) is 3.75. The molecule has 74 valence electrons. The van der Waals surface area contributed by atoms with Gasteiger partial charge in [0.05, 0.1) is 16.1 Å². The molecule has 0 unspecified atom stereocenters. The Kier molecular flexibility index (Phi) is 2.41. The maximum absolute atomic E-state index is 4.57. The van der Waals surface area contributed by atoms with Crippen LogP contribution < -0.4 is 0 Å². The number of pyridine rings is 2. The summed E-state index contributed by atoms with van der Waals surface area (Å²) in [5.74, 6) is 0. The van der Waals surface area contributed by atoms with Crippen LogP contribution in [0.2, 0.25) is 0 Å². The van der Waals surface area contributed by atoms with Crippen molar-refractivity contribution in [3.8, 4) is 0 Å². The van der Waals surface area contributed by atoms with Crippen molar-refractivity contribution in [2.45, 2.75) is 5.03 Å². The van der Waals surface area contributed by atoms with E-state index in [2.05, 4.69) is 34.1 Å². The second-order valence-electron chi connectivity index (χ2n) is 3.46. The van der Waals surface area contributed by atoms with E-state index in [-0.39, 0.29) is 0 Å². The molecule has 0 bridgehead atoms. The monoisotopic (exact) mass is 224 g/mol. The third kappa shape index (κ3) is 1.86. The first-order valence-electron chi connectivity index (χ1n) is 4.25. The highest BCUT2D eigenvalue weighted by Crippen LogP contribution is 2.52. The molecule has 14 heavy (non-hydrogen) atoms. The van der Waals surface area contributed by atoms with Crippen molar-refractivity contribution in [2.75, 3.05) is 12.5 Å². The lowest BCUT2D eigenvalue weighted by molar-refractivity contribution is 1.17. The van der Waals surface area contributed by atoms with E-state index in [1.54, 1.807) is 6.20 Å². The van der Waals surface area contributed by atoms with Gasteiger partial charge in [0.1, 0.15) is 0 Å². The second-order valence-corrected chi connectivity index (χ2v) is 9.17. The molecule has 0 aromatic carbocycles. The molecule has 0 radical (unpaired) electrons. The first-order chi connectivity index (χ1) is 6.57. The summed E-state index contributed by atoms with van der Waals surface area (Å²) < 4.78 is 0. The Morgan fingerprint density at radius 3 is 2.64 bits per heavy atom. The molecule has 0 spiro atoms. The number of hydrogen-bond acceptors (Lipinski definition) is 3. The van der Waals surface area contributed by atoms with E-state index in [0.717, 1.165) is 16.1 Å². The summed E-state index contributed by atoms with van der Waals surface area (Å²) in [6, 6.07) is 7.89. The highest BCUT2D eigenvalue weighted by Gasteiger charge is 2.10. The Bertz CT molecular complexity index is 463. The van der Waals surface area contributed by atoms with E-state index < -0.39 is 9.06 Å². The van der Waals surface area contributed by atoms with Crippen molar-refractivity contribution >= 4 is 31.8 Å². The fourth-order valence-electron chi connectivity index (χ4n) is 1.22. The lowest BCUT2D eigenvalue weighted by atomic mass is 10.3. The summed E-state index contributed by atoms with van der Waals surface area (Å²) in [4.78, 5) is 8.77. The zero-order valence-electron chi connectivity index (χ0n) is 8.14. The van der Waals surface area contributed by atoms with Gasteiger partial charge >= 0.3 is 0 Å². The number of aromatic nitrogens is 2. The highest BCUT2D eigenvalue weighted by atomic mass is 33.1. The van der Waals surface area contributed by atoms with Gasteiger partial charge in [-0.3, -0.25) is 4.98 Å². The highest BCUT2D eigenvalue weighted by molar-refractivity contribution is 8.87. The molecule has 0 amide bonds. The zero-order valence-corrected chi connectivity index (χ0v) is 9.85. The minimum atomic E-state index is -1.04. The predicted octanol–water partition coefficient (Wildman–Crippen LogP) is 2.90. The fraction of sp³-hybridized carbons (Fsp3) is 0.200. The standard InChI is InChI=1S/C10H12N2S2/c1-14(2,13)10-6-5-8-9(12-10)4-3-7-11-8/h3-7,13H,1-2H3. The third-order valence-electron chi connectivity index (χ3n) is 1.94. The fourth-order valence-corrected chi connectivity index (χ4v) is 2.24. The number of thiol groups is 1. The summed E-state index contributed by atoms with van der Waals surface area (Å²) in [5.41, 5.74) is 1.88. The van der Waals surface area contributed by atoms with E-state index in [0.29, 0.717) is 0 Å². The van der Waals surface area contributed by atoms with Gasteiger partial charge in [-0.05, 0) is 36.8 Å². The molecule has 2 rings (SSSR count). The van der Waals surface area contributed by atoms with Crippen molar-refractivity contribution in [1.29, 1.82) is 0 Å². The van der Waals surface area contributed by atoms with E-state index >= 15 is 0 Å². The smallest absolute Gasteiger partial charge is 0.0900 e. The average molecular weight is 224 g/mol. The van der Waals surface area contributed by atoms with E-state index in [1.165, 1.54) is 0 Å². The molecule has 0 saturated heterocycles. The molecular weight excluding hydrogens is 212 g/mol. The van der Waals surface area contributed by atoms with Gasteiger partial charge in [0.15, 0.2) is 0 Å². The predicted molar refractivity (Wildman–Crippen MR) is 66.2 cm³/mol. The number of nitrogens with zero attached hydrogens (tertiary/aromatic N) is 2. The molecule has 2 nitrogen and oxygen atoms in total. The van der Waals surface area contributed by atoms with Crippen molar-refractivity contribution in [1.82, 2.24) is 9.97 Å². The van der Waals surface area contributed by atoms with Crippen LogP contribution in [0.15, 0.2) is 35.5 Å². The van der Waals surface area contributed by atoms with Gasteiger partial charge in [0, 0.05) is 6.20 Å². The van der Waals surface area contributed by atoms with Crippen LogP contribution in [0.5, 0.6) is 0 Å². The Hall–Kier alpha value is -0.740. The van der Waals surface area contributed by atoms with Crippen LogP contribution in [0, 0.1) is 0 Å². The van der Waals surface area contributed by atoms with Crippen LogP contribution in [0.25, 0.3) is 11.0 Å². The Balaban J connectivity index is 2.63. The molecule has 2 aromatic rings. The van der Waals surface area contributed by atoms with Gasteiger partial charge in [-0.1, -0.05) is 0 Å². The molecule has 0 aliphatic heterocycles. The van der Waals surface area contributed by atoms with Crippen LogP contribution in [0.1, 0.15) is 0 Å². The topological polar surface area (TPSA) is 25.8 Å². The first kappa shape index (κ1) is 9.80. The van der Waals surface area contributed by atoms with Crippen molar-refractivity contribution in [3.63, 3.8) is 0 Å². The lowest BCUT2D eigenvalue weighted by Gasteiger charge is -2.22. The van der Waals surface area contributed by atoms with Gasteiger partial charge in [0.2, 0.25) is 0 Å². The maximum atomic E-state index is 4.57. The van der Waals surface area contributed by atoms with E-state index in [4.69, 9.17) is 0 Å². The molecule has 0 fully saturated rings. The summed E-state index contributed by atoms with van der Waals surface area (Å²) in [6.45, 7) is 0. The summed E-state index contributed by atoms with van der Waals surface area (Å²) in [7, 11) is -1.04. The second kappa shape index (κ2) is 3.44. The molecule has 0 saturated carbocycles. The Morgan fingerprint density at radius 2 is 1.93 bits per heavy atom. The van der Waals surface area contributed by atoms with Crippen LogP contribution in [-0.2, 0) is 0 Å². The van der Waals surface area contributed by atoms with Gasteiger partial charge in [0.25, 0.3) is 0 Å². The van der Waals surface area contributed by atoms with Crippen LogP contribution in [-0.4, -0.2) is 22.5 Å². The molecule has 0 aliphatic rings. The first-order valence-corrected chi connectivity index (χ1v) is 7.75. The molecule has 0 atom stereocenters. The van der Waals surface area contributed by atoms with Crippen LogP contribution in [0.3, 0.4) is 0 Å². The normalized spacial score (nSPS) is 13.1. The van der Waals surface area contributed by atoms with Crippen molar-refractivity contribution in [3.05, 3.63) is 30.5 Å². The molecule has 2 aromatic heterocycles. The Morgan fingerprint density at radius 1 is 1.14 bits per heavy atom. The van der Waals surface area contributed by atoms with Crippen LogP contribution in [0.4, 0.5) is 0 Å². The van der Waals surface area contributed by atoms with Gasteiger partial charge in [-0.25, -0.2) is 4.98 Å². The van der Waals surface area contributed by atoms with E-state index in [9.17, 15) is 0 Å². The van der Waals surface area contributed by atoms with Gasteiger partial charge in [-0.15, -0.1) is 11.7 Å². The summed E-state index contributed by atoms with van der Waals surface area (Å²) in [5, 5.41) is 1.06. The minimum absolute atomic E-state index is 0.938. The summed E-state index contributed by atoms with van der Waals surface area (Å²) >= 11 is 4.57. The molecule has 4 heteroatoms. The van der Waals surface area contributed by atoms with E-state index in [1.807, 2.05) is 24.3 Å². The lowest BCUT2D eigenvalue weighted by Crippen LogP contribution is -1.92. The molecular formula is C10H12N2S2.